The Kier molecular flexibility index (Phi) is 5.08. The Bertz CT molecular complexity index is 507. The third-order valence-corrected chi connectivity index (χ3v) is 4.51. The van der Waals surface area contributed by atoms with Crippen LogP contribution in [0.5, 0.6) is 0 Å². The molecule has 1 atom stereocenters. The molecular weight excluding hydrogens is 274 g/mol. The van der Waals surface area contributed by atoms with Crippen LogP contribution in [0.3, 0.4) is 0 Å². The van der Waals surface area contributed by atoms with Crippen LogP contribution in [0, 0.1) is 0 Å². The van der Waals surface area contributed by atoms with E-state index in [1.54, 1.807) is 0 Å². The molecule has 1 aliphatic rings. The van der Waals surface area contributed by atoms with Gasteiger partial charge < -0.3 is 0 Å². The van der Waals surface area contributed by atoms with Crippen molar-refractivity contribution in [3.05, 3.63) is 35.9 Å². The largest absolute Gasteiger partial charge is 0.300 e. The molecule has 1 heterocycles. The number of rotatable bonds is 3. The molecule has 0 saturated carbocycles. The van der Waals surface area contributed by atoms with Gasteiger partial charge in [-0.1, -0.05) is 30.3 Å². The van der Waals surface area contributed by atoms with Gasteiger partial charge >= 0.3 is 0 Å². The number of nitrogens with zero attached hydrogens (tertiary/aromatic N) is 1. The van der Waals surface area contributed by atoms with Gasteiger partial charge in [-0.25, -0.2) is 0 Å². The molecule has 3 heteroatoms. The van der Waals surface area contributed by atoms with Crippen LogP contribution in [0.4, 0.5) is 0 Å². The van der Waals surface area contributed by atoms with Crippen molar-refractivity contribution in [1.82, 2.24) is 5.06 Å². The minimum absolute atomic E-state index is 0.0331. The van der Waals surface area contributed by atoms with Crippen molar-refractivity contribution in [3.63, 3.8) is 0 Å². The summed E-state index contributed by atoms with van der Waals surface area (Å²) < 4.78 is 0. The molecule has 2 rings (SSSR count). The SMILES string of the molecule is CC(ON1C(C)(C)CCCC(=O)CC1(C)C)c1ccccc1. The van der Waals surface area contributed by atoms with Crippen molar-refractivity contribution in [1.29, 1.82) is 0 Å². The van der Waals surface area contributed by atoms with Crippen LogP contribution in [0.2, 0.25) is 0 Å². The Morgan fingerprint density at radius 1 is 1.09 bits per heavy atom. The minimum Gasteiger partial charge on any atom is -0.300 e. The highest BCUT2D eigenvalue weighted by Crippen LogP contribution is 2.37. The first-order valence-corrected chi connectivity index (χ1v) is 8.26. The normalized spacial score (nSPS) is 23.6. The summed E-state index contributed by atoms with van der Waals surface area (Å²) in [5.74, 6) is 0.335. The van der Waals surface area contributed by atoms with E-state index in [9.17, 15) is 4.79 Å². The first kappa shape index (κ1) is 17.2. The van der Waals surface area contributed by atoms with Gasteiger partial charge in [-0.15, -0.1) is 0 Å². The summed E-state index contributed by atoms with van der Waals surface area (Å²) in [6.07, 6.45) is 3.09. The number of benzene rings is 1. The van der Waals surface area contributed by atoms with Gasteiger partial charge in [-0.3, -0.25) is 9.63 Å². The molecule has 1 aromatic rings. The van der Waals surface area contributed by atoms with Crippen molar-refractivity contribution in [2.45, 2.75) is 77.5 Å². The molecule has 0 bridgehead atoms. The molecule has 0 N–H and O–H groups in total. The van der Waals surface area contributed by atoms with Crippen molar-refractivity contribution in [2.75, 3.05) is 0 Å². The maximum atomic E-state index is 12.1. The monoisotopic (exact) mass is 303 g/mol. The van der Waals surface area contributed by atoms with E-state index in [0.29, 0.717) is 18.6 Å². The molecule has 3 nitrogen and oxygen atoms in total. The van der Waals surface area contributed by atoms with Crippen molar-refractivity contribution in [3.8, 4) is 0 Å². The van der Waals surface area contributed by atoms with Gasteiger partial charge in [-0.2, -0.15) is 5.06 Å². The van der Waals surface area contributed by atoms with Crippen LogP contribution < -0.4 is 0 Å². The van der Waals surface area contributed by atoms with Crippen LogP contribution >= 0.6 is 0 Å². The highest BCUT2D eigenvalue weighted by molar-refractivity contribution is 5.79. The third-order valence-electron chi connectivity index (χ3n) is 4.51. The second kappa shape index (κ2) is 6.51. The van der Waals surface area contributed by atoms with E-state index < -0.39 is 0 Å². The molecule has 0 aromatic heterocycles. The number of hydroxylamine groups is 2. The first-order chi connectivity index (χ1) is 10.2. The Morgan fingerprint density at radius 2 is 1.73 bits per heavy atom. The molecule has 0 aliphatic carbocycles. The predicted octanol–water partition coefficient (Wildman–Crippen LogP) is 4.68. The lowest BCUT2D eigenvalue weighted by Gasteiger charge is -2.49. The Balaban J connectivity index is 2.24. The minimum atomic E-state index is -0.302. The summed E-state index contributed by atoms with van der Waals surface area (Å²) in [5, 5.41) is 2.08. The summed E-state index contributed by atoms with van der Waals surface area (Å²) in [5.41, 5.74) is 0.763. The Morgan fingerprint density at radius 3 is 2.36 bits per heavy atom. The molecule has 0 amide bonds. The number of carbonyl (C=O) groups is 1. The molecule has 1 aromatic carbocycles. The van der Waals surface area contributed by atoms with Crippen LogP contribution in [-0.2, 0) is 9.63 Å². The maximum absolute atomic E-state index is 12.1. The molecule has 1 fully saturated rings. The first-order valence-electron chi connectivity index (χ1n) is 8.26. The topological polar surface area (TPSA) is 29.5 Å². The van der Waals surface area contributed by atoms with Crippen LogP contribution in [0.25, 0.3) is 0 Å². The molecule has 122 valence electrons. The second-order valence-corrected chi connectivity index (χ2v) is 7.65. The molecular formula is C19H29NO2. The quantitative estimate of drug-likeness (QED) is 0.812. The standard InChI is InChI=1S/C19H29NO2/c1-15(16-10-7-6-8-11-16)22-20-18(2,3)13-9-12-17(21)14-19(20,4)5/h6-8,10-11,15H,9,12-14H2,1-5H3. The van der Waals surface area contributed by atoms with Gasteiger partial charge in [0.1, 0.15) is 11.9 Å². The molecule has 1 unspecified atom stereocenters. The number of ketones is 1. The van der Waals surface area contributed by atoms with Gasteiger partial charge in [0.25, 0.3) is 0 Å². The summed E-state index contributed by atoms with van der Waals surface area (Å²) >= 11 is 0. The fraction of sp³-hybridized carbons (Fsp3) is 0.632. The summed E-state index contributed by atoms with van der Waals surface area (Å²) in [6, 6.07) is 10.2. The van der Waals surface area contributed by atoms with E-state index in [-0.39, 0.29) is 17.2 Å². The van der Waals surface area contributed by atoms with E-state index >= 15 is 0 Å². The number of hydrogen-bond donors (Lipinski definition) is 0. The van der Waals surface area contributed by atoms with E-state index in [1.165, 1.54) is 0 Å². The van der Waals surface area contributed by atoms with E-state index in [4.69, 9.17) is 4.84 Å². The van der Waals surface area contributed by atoms with Crippen molar-refractivity contribution < 1.29 is 9.63 Å². The lowest BCUT2D eigenvalue weighted by molar-refractivity contribution is -0.293. The van der Waals surface area contributed by atoms with Gasteiger partial charge in [0.2, 0.25) is 0 Å². The third kappa shape index (κ3) is 3.96. The van der Waals surface area contributed by atoms with Gasteiger partial charge in [0.15, 0.2) is 0 Å². The molecule has 0 radical (unpaired) electrons. The average Bonchev–Trinajstić information content (AvgIpc) is 2.43. The zero-order valence-corrected chi connectivity index (χ0v) is 14.6. The zero-order valence-electron chi connectivity index (χ0n) is 14.6. The summed E-state index contributed by atoms with van der Waals surface area (Å²) in [4.78, 5) is 18.5. The second-order valence-electron chi connectivity index (χ2n) is 7.65. The highest BCUT2D eigenvalue weighted by Gasteiger charge is 2.42. The molecule has 1 saturated heterocycles. The number of Topliss-reactive ketones (excluding diaryl/α,β-unsaturated/α-hetero) is 1. The number of carbonyl (C=O) groups excluding carboxylic acids is 1. The Hall–Kier alpha value is -1.19. The molecule has 1 aliphatic heterocycles. The van der Waals surface area contributed by atoms with Crippen LogP contribution in [0.15, 0.2) is 30.3 Å². The maximum Gasteiger partial charge on any atom is 0.134 e. The molecule has 0 spiro atoms. The fourth-order valence-electron chi connectivity index (χ4n) is 3.51. The summed E-state index contributed by atoms with van der Waals surface area (Å²) in [6.45, 7) is 10.7. The van der Waals surface area contributed by atoms with Gasteiger partial charge in [-0.05, 0) is 53.0 Å². The number of hydrogen-bond acceptors (Lipinski definition) is 3. The lowest BCUT2D eigenvalue weighted by Crippen LogP contribution is -2.57. The lowest BCUT2D eigenvalue weighted by atomic mass is 9.84. The van der Waals surface area contributed by atoms with Crippen LogP contribution in [-0.4, -0.2) is 21.9 Å². The van der Waals surface area contributed by atoms with E-state index in [0.717, 1.165) is 18.4 Å². The zero-order chi connectivity index (χ0) is 16.4. The van der Waals surface area contributed by atoms with Crippen molar-refractivity contribution >= 4 is 5.78 Å². The highest BCUT2D eigenvalue weighted by atomic mass is 16.7. The Labute approximate surface area is 134 Å². The predicted molar refractivity (Wildman–Crippen MR) is 89.4 cm³/mol. The van der Waals surface area contributed by atoms with Crippen molar-refractivity contribution in [2.24, 2.45) is 0 Å². The molecule has 22 heavy (non-hydrogen) atoms. The van der Waals surface area contributed by atoms with Gasteiger partial charge in [0.05, 0.1) is 0 Å². The van der Waals surface area contributed by atoms with E-state index in [1.807, 2.05) is 18.2 Å². The fourth-order valence-corrected chi connectivity index (χ4v) is 3.51. The average molecular weight is 303 g/mol. The smallest absolute Gasteiger partial charge is 0.134 e. The van der Waals surface area contributed by atoms with E-state index in [2.05, 4.69) is 51.8 Å². The van der Waals surface area contributed by atoms with Crippen LogP contribution in [0.1, 0.15) is 72.0 Å². The summed E-state index contributed by atoms with van der Waals surface area (Å²) in [7, 11) is 0. The van der Waals surface area contributed by atoms with Gasteiger partial charge in [0, 0.05) is 23.9 Å².